The van der Waals surface area contributed by atoms with Gasteiger partial charge in [-0.05, 0) is 82.9 Å². The van der Waals surface area contributed by atoms with E-state index in [1.807, 2.05) is 60.4 Å². The zero-order valence-corrected chi connectivity index (χ0v) is 22.6. The minimum atomic E-state index is -1.88. The smallest absolute Gasteiger partial charge is 0.250 e. The monoisotopic (exact) mass is 523 g/mol. The number of halogens is 1. The number of hydrogen-bond donors (Lipinski definition) is 1. The Labute approximate surface area is 205 Å². The fourth-order valence-corrected chi connectivity index (χ4v) is 4.69. The first-order valence-electron chi connectivity index (χ1n) is 10.8. The fraction of sp³-hybridized carbons (Fsp3) is 0.320. The molecule has 3 aromatic rings. The SMILES string of the molecule is Cc1ccc(N(CC#N)c2cc(Nc3ccc(O[Si](C)(C)C(C)(C)C)cc3)ncn2)c(Br)c1. The topological polar surface area (TPSA) is 74.1 Å². The van der Waals surface area contributed by atoms with E-state index in [-0.39, 0.29) is 11.6 Å². The van der Waals surface area contributed by atoms with Crippen LogP contribution in [0, 0.1) is 18.3 Å². The number of hydrogen-bond acceptors (Lipinski definition) is 6. The number of benzene rings is 2. The van der Waals surface area contributed by atoms with E-state index >= 15 is 0 Å². The van der Waals surface area contributed by atoms with Gasteiger partial charge in [-0.1, -0.05) is 26.8 Å². The lowest BCUT2D eigenvalue weighted by Gasteiger charge is -2.36. The Kier molecular flexibility index (Phi) is 7.45. The second-order valence-corrected chi connectivity index (χ2v) is 15.1. The van der Waals surface area contributed by atoms with Crippen molar-refractivity contribution in [3.8, 4) is 11.8 Å². The maximum Gasteiger partial charge on any atom is 0.250 e. The number of nitrogens with one attached hydrogen (secondary N) is 1. The van der Waals surface area contributed by atoms with E-state index in [9.17, 15) is 5.26 Å². The van der Waals surface area contributed by atoms with E-state index in [1.54, 1.807) is 0 Å². The molecule has 0 bridgehead atoms. The van der Waals surface area contributed by atoms with E-state index in [1.165, 1.54) is 6.33 Å². The quantitative estimate of drug-likeness (QED) is 0.258. The molecule has 0 saturated carbocycles. The summed E-state index contributed by atoms with van der Waals surface area (Å²) in [4.78, 5) is 10.6. The van der Waals surface area contributed by atoms with Crippen molar-refractivity contribution in [3.05, 3.63) is 64.9 Å². The highest BCUT2D eigenvalue weighted by atomic mass is 79.9. The molecule has 0 radical (unpaired) electrons. The molecule has 0 fully saturated rings. The zero-order chi connectivity index (χ0) is 24.2. The van der Waals surface area contributed by atoms with Gasteiger partial charge >= 0.3 is 0 Å². The van der Waals surface area contributed by atoms with Crippen LogP contribution in [0.1, 0.15) is 26.3 Å². The zero-order valence-electron chi connectivity index (χ0n) is 20.0. The molecular weight excluding hydrogens is 494 g/mol. The number of aromatic nitrogens is 2. The lowest BCUT2D eigenvalue weighted by molar-refractivity contribution is 0.492. The molecule has 33 heavy (non-hydrogen) atoms. The van der Waals surface area contributed by atoms with Crippen molar-refractivity contribution in [3.63, 3.8) is 0 Å². The van der Waals surface area contributed by atoms with E-state index in [0.29, 0.717) is 11.6 Å². The molecule has 0 atom stereocenters. The number of nitriles is 1. The van der Waals surface area contributed by atoms with Crippen LogP contribution in [0.25, 0.3) is 0 Å². The average Bonchev–Trinajstić information content (AvgIpc) is 2.73. The Morgan fingerprint density at radius 2 is 1.79 bits per heavy atom. The first-order chi connectivity index (χ1) is 15.5. The van der Waals surface area contributed by atoms with Gasteiger partial charge in [0.05, 0.1) is 11.8 Å². The predicted molar refractivity (Wildman–Crippen MR) is 141 cm³/mol. The summed E-state index contributed by atoms with van der Waals surface area (Å²) < 4.78 is 7.27. The maximum atomic E-state index is 9.39. The highest BCUT2D eigenvalue weighted by Crippen LogP contribution is 2.37. The molecule has 3 rings (SSSR count). The molecule has 0 saturated heterocycles. The molecule has 0 aliphatic carbocycles. The highest BCUT2D eigenvalue weighted by Gasteiger charge is 2.38. The fourth-order valence-electron chi connectivity index (χ4n) is 2.96. The van der Waals surface area contributed by atoms with Crippen LogP contribution in [0.5, 0.6) is 5.75 Å². The normalized spacial score (nSPS) is 11.6. The Hall–Kier alpha value is -2.89. The van der Waals surface area contributed by atoms with Crippen LogP contribution in [0.15, 0.2) is 59.3 Å². The molecule has 1 aromatic heterocycles. The van der Waals surface area contributed by atoms with Crippen LogP contribution >= 0.6 is 15.9 Å². The van der Waals surface area contributed by atoms with Crippen LogP contribution < -0.4 is 14.6 Å². The largest absolute Gasteiger partial charge is 0.544 e. The van der Waals surface area contributed by atoms with Crippen LogP contribution in [-0.2, 0) is 0 Å². The molecule has 0 amide bonds. The number of aryl methyl sites for hydroxylation is 1. The molecular formula is C25H30BrN5OSi. The minimum absolute atomic E-state index is 0.142. The summed E-state index contributed by atoms with van der Waals surface area (Å²) in [6, 6.07) is 18.0. The summed E-state index contributed by atoms with van der Waals surface area (Å²) in [7, 11) is -1.88. The standard InChI is InChI=1S/C25H30BrN5OSi/c1-18-7-12-22(21(26)15-18)31(14-13-27)24-16-23(28-17-29-24)30-19-8-10-20(11-9-19)32-33(5,6)25(2,3)4/h7-12,15-17H,14H2,1-6H3,(H,28,29,30). The third-order valence-electron chi connectivity index (χ3n) is 5.86. The van der Waals surface area contributed by atoms with Crippen molar-refractivity contribution in [2.24, 2.45) is 0 Å². The van der Waals surface area contributed by atoms with E-state index < -0.39 is 8.32 Å². The van der Waals surface area contributed by atoms with Gasteiger partial charge in [0, 0.05) is 16.2 Å². The molecule has 0 aliphatic heterocycles. The first kappa shape index (κ1) is 24.7. The van der Waals surface area contributed by atoms with Gasteiger partial charge in [0.2, 0.25) is 8.32 Å². The summed E-state index contributed by atoms with van der Waals surface area (Å²) in [5.74, 6) is 2.15. The molecule has 172 valence electrons. The second kappa shape index (κ2) is 9.94. The maximum absolute atomic E-state index is 9.39. The van der Waals surface area contributed by atoms with Crippen LogP contribution in [0.4, 0.5) is 23.0 Å². The molecule has 2 aromatic carbocycles. The Bertz CT molecular complexity index is 1150. The third kappa shape index (κ3) is 6.12. The van der Waals surface area contributed by atoms with Gasteiger partial charge in [-0.25, -0.2) is 9.97 Å². The van der Waals surface area contributed by atoms with E-state index in [0.717, 1.165) is 27.2 Å². The summed E-state index contributed by atoms with van der Waals surface area (Å²) in [6.45, 7) is 13.4. The van der Waals surface area contributed by atoms with Crippen molar-refractivity contribution < 1.29 is 4.43 Å². The van der Waals surface area contributed by atoms with Gasteiger partial charge in [0.25, 0.3) is 0 Å². The van der Waals surface area contributed by atoms with Crippen molar-refractivity contribution in [1.29, 1.82) is 5.26 Å². The van der Waals surface area contributed by atoms with Gasteiger partial charge in [-0.3, -0.25) is 0 Å². The molecule has 0 unspecified atom stereocenters. The molecule has 8 heteroatoms. The lowest BCUT2D eigenvalue weighted by atomic mass is 10.2. The number of rotatable bonds is 7. The minimum Gasteiger partial charge on any atom is -0.544 e. The summed E-state index contributed by atoms with van der Waals surface area (Å²) >= 11 is 3.61. The summed E-state index contributed by atoms with van der Waals surface area (Å²) in [6.07, 6.45) is 1.50. The third-order valence-corrected chi connectivity index (χ3v) is 10.9. The predicted octanol–water partition coefficient (Wildman–Crippen LogP) is 7.34. The summed E-state index contributed by atoms with van der Waals surface area (Å²) in [5, 5.41) is 12.9. The molecule has 0 spiro atoms. The lowest BCUT2D eigenvalue weighted by Crippen LogP contribution is -2.43. The van der Waals surface area contributed by atoms with Crippen molar-refractivity contribution in [2.75, 3.05) is 16.8 Å². The van der Waals surface area contributed by atoms with E-state index in [4.69, 9.17) is 4.43 Å². The van der Waals surface area contributed by atoms with Crippen molar-refractivity contribution >= 4 is 47.3 Å². The average molecular weight is 525 g/mol. The van der Waals surface area contributed by atoms with Gasteiger partial charge in [-0.15, -0.1) is 0 Å². The Morgan fingerprint density at radius 1 is 1.09 bits per heavy atom. The first-order valence-corrected chi connectivity index (χ1v) is 14.5. The van der Waals surface area contributed by atoms with Crippen molar-refractivity contribution in [2.45, 2.75) is 45.8 Å². The Morgan fingerprint density at radius 3 is 2.39 bits per heavy atom. The number of nitrogens with zero attached hydrogens (tertiary/aromatic N) is 4. The van der Waals surface area contributed by atoms with Gasteiger partial charge < -0.3 is 14.6 Å². The second-order valence-electron chi connectivity index (χ2n) is 9.47. The van der Waals surface area contributed by atoms with Crippen LogP contribution in [0.3, 0.4) is 0 Å². The summed E-state index contributed by atoms with van der Waals surface area (Å²) in [5.41, 5.74) is 2.90. The van der Waals surface area contributed by atoms with Crippen molar-refractivity contribution in [1.82, 2.24) is 9.97 Å². The Balaban J connectivity index is 1.80. The van der Waals surface area contributed by atoms with Gasteiger partial charge in [-0.2, -0.15) is 5.26 Å². The molecule has 1 heterocycles. The molecule has 0 aliphatic rings. The number of anilines is 4. The van der Waals surface area contributed by atoms with Gasteiger partial charge in [0.15, 0.2) is 0 Å². The van der Waals surface area contributed by atoms with Crippen LogP contribution in [-0.4, -0.2) is 24.8 Å². The van der Waals surface area contributed by atoms with E-state index in [2.05, 4.69) is 71.1 Å². The highest BCUT2D eigenvalue weighted by molar-refractivity contribution is 9.10. The molecule has 6 nitrogen and oxygen atoms in total. The van der Waals surface area contributed by atoms with Crippen LogP contribution in [0.2, 0.25) is 18.1 Å². The van der Waals surface area contributed by atoms with Gasteiger partial charge in [0.1, 0.15) is 30.3 Å². The molecule has 1 N–H and O–H groups in total.